The monoisotopic (exact) mass is 394 g/mol. The minimum atomic E-state index is -0.661. The van der Waals surface area contributed by atoms with E-state index < -0.39 is 5.54 Å². The quantitative estimate of drug-likeness (QED) is 0.629. The first kappa shape index (κ1) is 14.5. The molecule has 6 nitrogen and oxygen atoms in total. The van der Waals surface area contributed by atoms with Gasteiger partial charge >= 0.3 is 0 Å². The van der Waals surface area contributed by atoms with Crippen molar-refractivity contribution >= 4 is 22.3 Å². The molecule has 2 aliphatic rings. The summed E-state index contributed by atoms with van der Waals surface area (Å²) in [6.07, 6.45) is 8.29. The molecular formula is C18H11BrN4O2. The number of fused-ring (bicyclic) bond motifs is 4. The van der Waals surface area contributed by atoms with Gasteiger partial charge in [0.25, 0.3) is 0 Å². The first-order chi connectivity index (χ1) is 12.3. The van der Waals surface area contributed by atoms with Crippen LogP contribution in [-0.2, 0) is 10.3 Å². The second-order valence-corrected chi connectivity index (χ2v) is 6.77. The van der Waals surface area contributed by atoms with Crippen molar-refractivity contribution < 1.29 is 9.47 Å². The Hall–Kier alpha value is -2.80. The zero-order valence-electron chi connectivity index (χ0n) is 12.9. The Bertz CT molecular complexity index is 1010. The Morgan fingerprint density at radius 2 is 1.88 bits per heavy atom. The summed E-state index contributed by atoms with van der Waals surface area (Å²) < 4.78 is 12.4. The second-order valence-electron chi connectivity index (χ2n) is 5.85. The summed E-state index contributed by atoms with van der Waals surface area (Å²) in [5.41, 5.74) is 3.09. The molecule has 2 aliphatic heterocycles. The molecule has 0 saturated carbocycles. The number of nitrogens with zero attached hydrogens (tertiary/aromatic N) is 4. The van der Waals surface area contributed by atoms with Crippen LogP contribution >= 0.6 is 15.9 Å². The molecule has 25 heavy (non-hydrogen) atoms. The van der Waals surface area contributed by atoms with Crippen LogP contribution in [0.25, 0.3) is 11.1 Å². The molecule has 0 saturated heterocycles. The summed E-state index contributed by atoms with van der Waals surface area (Å²) in [5.74, 6) is 1.28. The Morgan fingerprint density at radius 3 is 2.68 bits per heavy atom. The number of aromatic nitrogens is 3. The molecule has 2 aromatic heterocycles. The van der Waals surface area contributed by atoms with E-state index in [-0.39, 0.29) is 0 Å². The molecule has 3 aromatic rings. The minimum absolute atomic E-state index is 0.406. The van der Waals surface area contributed by atoms with Crippen LogP contribution in [0.5, 0.6) is 11.6 Å². The van der Waals surface area contributed by atoms with Crippen molar-refractivity contribution in [3.63, 3.8) is 0 Å². The summed E-state index contributed by atoms with van der Waals surface area (Å²) in [7, 11) is 0. The zero-order chi connectivity index (χ0) is 16.9. The number of rotatable bonds is 1. The number of pyridine rings is 1. The van der Waals surface area contributed by atoms with E-state index in [2.05, 4.69) is 41.9 Å². The van der Waals surface area contributed by atoms with Gasteiger partial charge in [-0.05, 0) is 39.7 Å². The number of benzene rings is 1. The van der Waals surface area contributed by atoms with Crippen molar-refractivity contribution in [3.8, 4) is 22.8 Å². The Labute approximate surface area is 151 Å². The van der Waals surface area contributed by atoms with Gasteiger partial charge in [-0.1, -0.05) is 6.07 Å². The highest BCUT2D eigenvalue weighted by molar-refractivity contribution is 9.10. The molecule has 0 unspecified atom stereocenters. The van der Waals surface area contributed by atoms with Crippen LogP contribution in [0.15, 0.2) is 58.6 Å². The topological polar surface area (TPSA) is 69.5 Å². The van der Waals surface area contributed by atoms with Crippen molar-refractivity contribution in [2.75, 3.05) is 6.61 Å². The van der Waals surface area contributed by atoms with Crippen LogP contribution in [0.3, 0.4) is 0 Å². The van der Waals surface area contributed by atoms with Crippen LogP contribution in [0.1, 0.15) is 11.1 Å². The van der Waals surface area contributed by atoms with Gasteiger partial charge in [0.05, 0.1) is 5.56 Å². The summed E-state index contributed by atoms with van der Waals surface area (Å²) in [6, 6.07) is 7.95. The number of aliphatic imine (C=N–C) groups is 1. The molecule has 5 rings (SSSR count). The summed E-state index contributed by atoms with van der Waals surface area (Å²) in [4.78, 5) is 17.3. The highest BCUT2D eigenvalue weighted by atomic mass is 79.9. The smallest absolute Gasteiger partial charge is 0.225 e. The lowest BCUT2D eigenvalue weighted by molar-refractivity contribution is 0.271. The number of hydrogen-bond donors (Lipinski definition) is 0. The molecule has 0 amide bonds. The predicted molar refractivity (Wildman–Crippen MR) is 94.7 cm³/mol. The summed E-state index contributed by atoms with van der Waals surface area (Å²) >= 11 is 3.48. The largest absolute Gasteiger partial charge is 0.480 e. The maximum absolute atomic E-state index is 6.02. The predicted octanol–water partition coefficient (Wildman–Crippen LogP) is 3.71. The molecule has 1 atom stereocenters. The van der Waals surface area contributed by atoms with Gasteiger partial charge < -0.3 is 9.47 Å². The van der Waals surface area contributed by atoms with Gasteiger partial charge in [-0.2, -0.15) is 0 Å². The molecule has 0 fully saturated rings. The Balaban J connectivity index is 1.74. The van der Waals surface area contributed by atoms with Gasteiger partial charge in [0.1, 0.15) is 18.7 Å². The van der Waals surface area contributed by atoms with E-state index in [1.807, 2.05) is 18.2 Å². The summed E-state index contributed by atoms with van der Waals surface area (Å²) in [5, 5.41) is 0. The fourth-order valence-corrected chi connectivity index (χ4v) is 3.57. The van der Waals surface area contributed by atoms with Crippen LogP contribution in [0.2, 0.25) is 0 Å². The molecule has 7 heteroatoms. The van der Waals surface area contributed by atoms with Crippen LogP contribution in [0.4, 0.5) is 0 Å². The van der Waals surface area contributed by atoms with Crippen LogP contribution in [-0.4, -0.2) is 28.0 Å². The third kappa shape index (κ3) is 2.16. The van der Waals surface area contributed by atoms with Gasteiger partial charge in [0, 0.05) is 34.2 Å². The van der Waals surface area contributed by atoms with Crippen molar-refractivity contribution in [2.45, 2.75) is 5.54 Å². The van der Waals surface area contributed by atoms with Crippen LogP contribution in [0, 0.1) is 0 Å². The molecule has 1 aromatic carbocycles. The fraction of sp³-hybridized carbons (Fsp3) is 0.111. The van der Waals surface area contributed by atoms with E-state index in [4.69, 9.17) is 9.47 Å². The third-order valence-corrected chi connectivity index (χ3v) is 4.86. The van der Waals surface area contributed by atoms with Gasteiger partial charge in [0.15, 0.2) is 11.9 Å². The lowest BCUT2D eigenvalue weighted by Crippen LogP contribution is -2.31. The van der Waals surface area contributed by atoms with Gasteiger partial charge in [0.2, 0.25) is 5.88 Å². The van der Waals surface area contributed by atoms with Gasteiger partial charge in [-0.3, -0.25) is 0 Å². The fourth-order valence-electron chi connectivity index (χ4n) is 3.24. The zero-order valence-corrected chi connectivity index (χ0v) is 14.5. The summed E-state index contributed by atoms with van der Waals surface area (Å²) in [6.45, 7) is 0.406. The molecule has 122 valence electrons. The van der Waals surface area contributed by atoms with E-state index >= 15 is 0 Å². The maximum atomic E-state index is 6.02. The van der Waals surface area contributed by atoms with E-state index in [0.29, 0.717) is 12.5 Å². The average Bonchev–Trinajstić information content (AvgIpc) is 3.14. The molecular weight excluding hydrogens is 384 g/mol. The lowest BCUT2D eigenvalue weighted by Gasteiger charge is -2.33. The maximum Gasteiger partial charge on any atom is 0.225 e. The number of ether oxygens (including phenoxy) is 2. The number of halogens is 1. The first-order valence-electron chi connectivity index (χ1n) is 7.65. The Kier molecular flexibility index (Phi) is 3.11. The van der Waals surface area contributed by atoms with E-state index in [1.54, 1.807) is 18.6 Å². The van der Waals surface area contributed by atoms with Crippen molar-refractivity contribution in [3.05, 3.63) is 64.8 Å². The molecule has 0 radical (unpaired) electrons. The van der Waals surface area contributed by atoms with E-state index in [1.165, 1.54) is 12.7 Å². The SMILES string of the molecule is Brc1cnc2c(c1)[C@]1(COC=N1)c1cc(-c3cncnc3)ccc1O2. The molecule has 1 spiro atoms. The molecule has 4 heterocycles. The first-order valence-corrected chi connectivity index (χ1v) is 8.45. The van der Waals surface area contributed by atoms with Crippen molar-refractivity contribution in [1.82, 2.24) is 15.0 Å². The lowest BCUT2D eigenvalue weighted by atomic mass is 9.81. The highest BCUT2D eigenvalue weighted by Crippen LogP contribution is 2.50. The van der Waals surface area contributed by atoms with Gasteiger partial charge in [-0.15, -0.1) is 0 Å². The third-order valence-electron chi connectivity index (χ3n) is 4.43. The van der Waals surface area contributed by atoms with Gasteiger partial charge in [-0.25, -0.2) is 19.9 Å². The minimum Gasteiger partial charge on any atom is -0.480 e. The van der Waals surface area contributed by atoms with Crippen molar-refractivity contribution in [2.24, 2.45) is 4.99 Å². The van der Waals surface area contributed by atoms with E-state index in [9.17, 15) is 0 Å². The second kappa shape index (κ2) is 5.35. The molecule has 0 N–H and O–H groups in total. The van der Waals surface area contributed by atoms with E-state index in [0.717, 1.165) is 32.5 Å². The Morgan fingerprint density at radius 1 is 1.00 bits per heavy atom. The molecule has 0 bridgehead atoms. The van der Waals surface area contributed by atoms with Crippen LogP contribution < -0.4 is 4.74 Å². The highest BCUT2D eigenvalue weighted by Gasteiger charge is 2.46. The molecule has 0 aliphatic carbocycles. The average molecular weight is 395 g/mol. The standard InChI is InChI=1S/C18H11BrN4O2/c19-13-4-15-17(22-7-13)25-16-2-1-11(12-5-20-9-21-6-12)3-14(16)18(15)8-24-10-23-18/h1-7,9-10H,8H2/t18-/m0/s1. The number of hydrogen-bond acceptors (Lipinski definition) is 6. The van der Waals surface area contributed by atoms with Crippen molar-refractivity contribution in [1.29, 1.82) is 0 Å². The normalized spacial score (nSPS) is 19.9.